The highest BCUT2D eigenvalue weighted by Gasteiger charge is 2.31. The smallest absolute Gasteiger partial charge is 0.415 e. The molecule has 5 nitrogen and oxygen atoms in total. The molecule has 1 atom stereocenters. The van der Waals surface area contributed by atoms with Gasteiger partial charge in [-0.3, -0.25) is 4.79 Å². The highest BCUT2D eigenvalue weighted by molar-refractivity contribution is 5.75. The van der Waals surface area contributed by atoms with Crippen LogP contribution in [0.2, 0.25) is 0 Å². The van der Waals surface area contributed by atoms with Crippen molar-refractivity contribution in [1.29, 1.82) is 0 Å². The molecule has 1 fully saturated rings. The van der Waals surface area contributed by atoms with Gasteiger partial charge in [0.05, 0.1) is 5.92 Å². The van der Waals surface area contributed by atoms with Gasteiger partial charge in [-0.05, 0) is 25.5 Å². The molecule has 1 unspecified atom stereocenters. The molecule has 0 aromatic heterocycles. The Balaban J connectivity index is 1.93. The van der Waals surface area contributed by atoms with Crippen LogP contribution >= 0.6 is 0 Å². The lowest BCUT2D eigenvalue weighted by Crippen LogP contribution is -2.32. The molecule has 2 rings (SSSR count). The number of rotatable bonds is 2. The number of hydrogen-bond donors (Lipinski definition) is 1. The molecule has 5 heteroatoms. The van der Waals surface area contributed by atoms with E-state index in [4.69, 9.17) is 9.84 Å². The van der Waals surface area contributed by atoms with Crippen LogP contribution in [-0.4, -0.2) is 35.2 Å². The largest absolute Gasteiger partial charge is 0.481 e. The average Bonchev–Trinajstić information content (AvgIpc) is 2.81. The molecular weight excluding hydrogens is 234 g/mol. The van der Waals surface area contributed by atoms with Gasteiger partial charge in [0.2, 0.25) is 0 Å². The Labute approximate surface area is 105 Å². The molecule has 1 aromatic carbocycles. The lowest BCUT2D eigenvalue weighted by atomic mass is 10.1. The molecule has 1 aliphatic heterocycles. The van der Waals surface area contributed by atoms with Crippen LogP contribution in [0.1, 0.15) is 12.0 Å². The quantitative estimate of drug-likeness (QED) is 0.869. The topological polar surface area (TPSA) is 66.8 Å². The third-order valence-corrected chi connectivity index (χ3v) is 3.02. The molecule has 1 amide bonds. The molecule has 0 aliphatic carbocycles. The molecule has 18 heavy (non-hydrogen) atoms. The van der Waals surface area contributed by atoms with Crippen LogP contribution in [0.4, 0.5) is 4.79 Å². The highest BCUT2D eigenvalue weighted by Crippen LogP contribution is 2.19. The molecular formula is C13H15NO4. The van der Waals surface area contributed by atoms with Gasteiger partial charge in [-0.1, -0.05) is 17.7 Å². The van der Waals surface area contributed by atoms with Gasteiger partial charge in [-0.15, -0.1) is 0 Å². The van der Waals surface area contributed by atoms with Crippen molar-refractivity contribution in [2.75, 3.05) is 13.1 Å². The summed E-state index contributed by atoms with van der Waals surface area (Å²) >= 11 is 0. The van der Waals surface area contributed by atoms with Crippen molar-refractivity contribution in [2.45, 2.75) is 13.3 Å². The second-order valence-electron chi connectivity index (χ2n) is 4.45. The van der Waals surface area contributed by atoms with Gasteiger partial charge in [-0.25, -0.2) is 4.79 Å². The number of amides is 1. The Morgan fingerprint density at radius 3 is 2.56 bits per heavy atom. The lowest BCUT2D eigenvalue weighted by Gasteiger charge is -2.15. The maximum atomic E-state index is 11.8. The van der Waals surface area contributed by atoms with Gasteiger partial charge in [0, 0.05) is 13.1 Å². The van der Waals surface area contributed by atoms with Crippen LogP contribution < -0.4 is 4.74 Å². The zero-order valence-electron chi connectivity index (χ0n) is 10.1. The summed E-state index contributed by atoms with van der Waals surface area (Å²) in [6.45, 7) is 2.60. The van der Waals surface area contributed by atoms with Gasteiger partial charge < -0.3 is 14.7 Å². The van der Waals surface area contributed by atoms with E-state index in [0.717, 1.165) is 5.56 Å². The Morgan fingerprint density at radius 2 is 2.00 bits per heavy atom. The molecule has 1 aromatic rings. The van der Waals surface area contributed by atoms with E-state index in [1.54, 1.807) is 12.1 Å². The molecule has 0 bridgehead atoms. The fourth-order valence-corrected chi connectivity index (χ4v) is 1.90. The van der Waals surface area contributed by atoms with Crippen LogP contribution in [0.25, 0.3) is 0 Å². The van der Waals surface area contributed by atoms with E-state index in [0.29, 0.717) is 18.7 Å². The van der Waals surface area contributed by atoms with Crippen molar-refractivity contribution in [3.63, 3.8) is 0 Å². The number of carbonyl (C=O) groups excluding carboxylic acids is 1. The van der Waals surface area contributed by atoms with Crippen LogP contribution in [0.3, 0.4) is 0 Å². The molecule has 1 heterocycles. The Hall–Kier alpha value is -2.04. The highest BCUT2D eigenvalue weighted by atomic mass is 16.6. The zero-order valence-corrected chi connectivity index (χ0v) is 10.1. The minimum Gasteiger partial charge on any atom is -0.481 e. The second-order valence-corrected chi connectivity index (χ2v) is 4.45. The van der Waals surface area contributed by atoms with E-state index < -0.39 is 18.0 Å². The maximum Gasteiger partial charge on any atom is 0.415 e. The SMILES string of the molecule is Cc1ccc(OC(=O)N2CCC(C(=O)O)C2)cc1. The lowest BCUT2D eigenvalue weighted by molar-refractivity contribution is -0.141. The van der Waals surface area contributed by atoms with Crippen LogP contribution in [0.15, 0.2) is 24.3 Å². The standard InChI is InChI=1S/C13H15NO4/c1-9-2-4-11(5-3-9)18-13(17)14-7-6-10(8-14)12(15)16/h2-5,10H,6-8H2,1H3,(H,15,16). The summed E-state index contributed by atoms with van der Waals surface area (Å²) in [5, 5.41) is 8.85. The number of aryl methyl sites for hydroxylation is 1. The van der Waals surface area contributed by atoms with Crippen molar-refractivity contribution < 1.29 is 19.4 Å². The van der Waals surface area contributed by atoms with Crippen molar-refractivity contribution in [3.8, 4) is 5.75 Å². The molecule has 1 saturated heterocycles. The van der Waals surface area contributed by atoms with Gasteiger partial charge in [0.1, 0.15) is 5.75 Å². The van der Waals surface area contributed by atoms with Gasteiger partial charge in [0.15, 0.2) is 0 Å². The second kappa shape index (κ2) is 5.08. The summed E-state index contributed by atoms with van der Waals surface area (Å²) < 4.78 is 5.18. The first-order chi connectivity index (χ1) is 8.56. The van der Waals surface area contributed by atoms with E-state index >= 15 is 0 Å². The van der Waals surface area contributed by atoms with Crippen molar-refractivity contribution in [1.82, 2.24) is 4.90 Å². The minimum atomic E-state index is -0.861. The third-order valence-electron chi connectivity index (χ3n) is 3.02. The first-order valence-electron chi connectivity index (χ1n) is 5.82. The summed E-state index contributed by atoms with van der Waals surface area (Å²) in [5.41, 5.74) is 1.09. The molecule has 0 radical (unpaired) electrons. The van der Waals surface area contributed by atoms with Gasteiger partial charge in [0.25, 0.3) is 0 Å². The molecule has 1 aliphatic rings. The van der Waals surface area contributed by atoms with Crippen LogP contribution in [0, 0.1) is 12.8 Å². The summed E-state index contributed by atoms with van der Waals surface area (Å²) in [6, 6.07) is 7.15. The molecule has 96 valence electrons. The van der Waals surface area contributed by atoms with Gasteiger partial charge >= 0.3 is 12.1 Å². The first kappa shape index (κ1) is 12.4. The minimum absolute atomic E-state index is 0.222. The summed E-state index contributed by atoms with van der Waals surface area (Å²) in [4.78, 5) is 24.0. The maximum absolute atomic E-state index is 11.8. The monoisotopic (exact) mass is 249 g/mol. The third kappa shape index (κ3) is 2.80. The summed E-state index contributed by atoms with van der Waals surface area (Å²) in [5.74, 6) is -0.861. The zero-order chi connectivity index (χ0) is 13.1. The van der Waals surface area contributed by atoms with E-state index in [1.165, 1.54) is 4.90 Å². The van der Waals surface area contributed by atoms with E-state index in [-0.39, 0.29) is 6.54 Å². The average molecular weight is 249 g/mol. The predicted molar refractivity (Wildman–Crippen MR) is 64.5 cm³/mol. The van der Waals surface area contributed by atoms with Crippen LogP contribution in [0.5, 0.6) is 5.75 Å². The Morgan fingerprint density at radius 1 is 1.33 bits per heavy atom. The molecule has 0 saturated carbocycles. The predicted octanol–water partition coefficient (Wildman–Crippen LogP) is 1.90. The molecule has 1 N–H and O–H groups in total. The van der Waals surface area contributed by atoms with Crippen LogP contribution in [-0.2, 0) is 4.79 Å². The molecule has 0 spiro atoms. The fourth-order valence-electron chi connectivity index (χ4n) is 1.90. The number of nitrogens with zero attached hydrogens (tertiary/aromatic N) is 1. The first-order valence-corrected chi connectivity index (χ1v) is 5.82. The van der Waals surface area contributed by atoms with E-state index in [1.807, 2.05) is 19.1 Å². The number of benzene rings is 1. The normalized spacial score (nSPS) is 18.7. The summed E-state index contributed by atoms with van der Waals surface area (Å²) in [7, 11) is 0. The van der Waals surface area contributed by atoms with Gasteiger partial charge in [-0.2, -0.15) is 0 Å². The van der Waals surface area contributed by atoms with Crippen molar-refractivity contribution in [3.05, 3.63) is 29.8 Å². The number of carboxylic acid groups (broad SMARTS) is 1. The number of likely N-dealkylation sites (tertiary alicyclic amines) is 1. The van der Waals surface area contributed by atoms with Crippen molar-refractivity contribution in [2.24, 2.45) is 5.92 Å². The van der Waals surface area contributed by atoms with E-state index in [9.17, 15) is 9.59 Å². The Kier molecular flexibility index (Phi) is 3.50. The number of aliphatic carboxylic acids is 1. The fraction of sp³-hybridized carbons (Fsp3) is 0.385. The number of carboxylic acids is 1. The summed E-state index contributed by atoms with van der Waals surface area (Å²) in [6.07, 6.45) is 0.000755. The van der Waals surface area contributed by atoms with E-state index in [2.05, 4.69) is 0 Å². The number of hydrogen-bond acceptors (Lipinski definition) is 3. The number of carbonyl (C=O) groups is 2. The van der Waals surface area contributed by atoms with Crippen molar-refractivity contribution >= 4 is 12.1 Å². The number of ether oxygens (including phenoxy) is 1. The Bertz CT molecular complexity index is 455.